The highest BCUT2D eigenvalue weighted by Crippen LogP contribution is 2.27. The molecule has 0 atom stereocenters. The van der Waals surface area contributed by atoms with Crippen molar-refractivity contribution in [1.82, 2.24) is 9.78 Å². The fraction of sp³-hybridized carbons (Fsp3) is 0.438. The van der Waals surface area contributed by atoms with Crippen LogP contribution in [-0.4, -0.2) is 9.78 Å². The van der Waals surface area contributed by atoms with Crippen molar-refractivity contribution in [2.24, 2.45) is 0 Å². The van der Waals surface area contributed by atoms with E-state index < -0.39 is 0 Å². The Bertz CT molecular complexity index is 641. The molecule has 1 aromatic carbocycles. The number of benzene rings is 1. The van der Waals surface area contributed by atoms with Gasteiger partial charge in [0.1, 0.15) is 0 Å². The zero-order valence-corrected chi connectivity index (χ0v) is 12.4. The summed E-state index contributed by atoms with van der Waals surface area (Å²) in [4.78, 5) is 12.1. The highest BCUT2D eigenvalue weighted by molar-refractivity contribution is 5.64. The molecule has 0 amide bonds. The molecule has 1 heterocycles. The fourth-order valence-corrected chi connectivity index (χ4v) is 2.39. The summed E-state index contributed by atoms with van der Waals surface area (Å²) in [7, 11) is 0. The Morgan fingerprint density at radius 3 is 2.47 bits per heavy atom. The highest BCUT2D eigenvalue weighted by atomic mass is 16.1. The summed E-state index contributed by atoms with van der Waals surface area (Å²) in [6, 6.07) is 8.30. The Labute approximate surface area is 114 Å². The molecule has 0 aliphatic rings. The van der Waals surface area contributed by atoms with Crippen LogP contribution in [0.15, 0.2) is 29.1 Å². The van der Waals surface area contributed by atoms with Crippen LogP contribution in [0.4, 0.5) is 0 Å². The van der Waals surface area contributed by atoms with E-state index in [1.165, 1.54) is 5.56 Å². The van der Waals surface area contributed by atoms with Crippen molar-refractivity contribution in [3.05, 3.63) is 45.7 Å². The molecule has 1 aromatic heterocycles. The van der Waals surface area contributed by atoms with Crippen LogP contribution in [0.3, 0.4) is 0 Å². The van der Waals surface area contributed by atoms with Gasteiger partial charge in [0, 0.05) is 11.1 Å². The molecule has 2 aromatic rings. The largest absolute Gasteiger partial charge is 0.279 e. The Balaban J connectivity index is 2.77. The van der Waals surface area contributed by atoms with Crippen molar-refractivity contribution in [2.45, 2.75) is 46.6 Å². The quantitative estimate of drug-likeness (QED) is 0.880. The minimum Gasteiger partial charge on any atom is -0.279 e. The van der Waals surface area contributed by atoms with Crippen molar-refractivity contribution in [2.75, 3.05) is 0 Å². The van der Waals surface area contributed by atoms with E-state index >= 15 is 0 Å². The van der Waals surface area contributed by atoms with Crippen LogP contribution < -0.4 is 5.56 Å². The third-order valence-corrected chi connectivity index (χ3v) is 3.31. The molecule has 0 spiro atoms. The van der Waals surface area contributed by atoms with Crippen LogP contribution in [0, 0.1) is 6.92 Å². The molecule has 0 bridgehead atoms. The number of aromatic nitrogens is 2. The summed E-state index contributed by atoms with van der Waals surface area (Å²) in [5, 5.41) is 2.98. The predicted octanol–water partition coefficient (Wildman–Crippen LogP) is 3.47. The molecule has 0 saturated carbocycles. The second-order valence-electron chi connectivity index (χ2n) is 6.00. The summed E-state index contributed by atoms with van der Waals surface area (Å²) in [6.45, 7) is 10.4. The topological polar surface area (TPSA) is 37.8 Å². The first-order valence-corrected chi connectivity index (χ1v) is 6.76. The summed E-state index contributed by atoms with van der Waals surface area (Å²) in [6.07, 6.45) is 0.738. The number of aromatic amines is 1. The smallest absolute Gasteiger partial charge is 0.267 e. The zero-order valence-electron chi connectivity index (χ0n) is 12.4. The van der Waals surface area contributed by atoms with Gasteiger partial charge in [-0.1, -0.05) is 30.7 Å². The standard InChI is InChI=1S/C16H22N2O/c1-6-13-14(12-9-7-8-11(2)10-12)18(16(3,4)5)17-15(13)19/h7-10H,6H2,1-5H3,(H,17,19). The minimum absolute atomic E-state index is 0.0222. The van der Waals surface area contributed by atoms with E-state index in [-0.39, 0.29) is 11.1 Å². The van der Waals surface area contributed by atoms with E-state index in [1.54, 1.807) is 0 Å². The van der Waals surface area contributed by atoms with Crippen molar-refractivity contribution in [1.29, 1.82) is 0 Å². The van der Waals surface area contributed by atoms with E-state index in [0.29, 0.717) is 0 Å². The number of nitrogens with zero attached hydrogens (tertiary/aromatic N) is 1. The summed E-state index contributed by atoms with van der Waals surface area (Å²) < 4.78 is 1.99. The van der Waals surface area contributed by atoms with E-state index in [9.17, 15) is 4.79 Å². The fourth-order valence-electron chi connectivity index (χ4n) is 2.39. The van der Waals surface area contributed by atoms with Gasteiger partial charge in [0.05, 0.1) is 11.2 Å². The minimum atomic E-state index is -0.147. The first kappa shape index (κ1) is 13.7. The molecule has 0 aliphatic heterocycles. The van der Waals surface area contributed by atoms with Crippen molar-refractivity contribution >= 4 is 0 Å². The maximum absolute atomic E-state index is 12.1. The molecule has 2 rings (SSSR count). The zero-order chi connectivity index (χ0) is 14.2. The van der Waals surface area contributed by atoms with Gasteiger partial charge in [0.25, 0.3) is 5.56 Å². The number of hydrogen-bond donors (Lipinski definition) is 1. The van der Waals surface area contributed by atoms with Gasteiger partial charge in [-0.15, -0.1) is 0 Å². The average Bonchev–Trinajstić information content (AvgIpc) is 2.66. The Morgan fingerprint density at radius 1 is 1.26 bits per heavy atom. The molecule has 0 fully saturated rings. The number of hydrogen-bond acceptors (Lipinski definition) is 1. The number of rotatable bonds is 2. The average molecular weight is 258 g/mol. The SMILES string of the molecule is CCc1c(-c2cccc(C)c2)n(C(C)(C)C)[nH]c1=O. The van der Waals surface area contributed by atoms with Crippen molar-refractivity contribution in [3.63, 3.8) is 0 Å². The van der Waals surface area contributed by atoms with Crippen LogP contribution in [0.2, 0.25) is 0 Å². The van der Waals surface area contributed by atoms with Gasteiger partial charge in [0.2, 0.25) is 0 Å². The molecule has 0 unspecified atom stereocenters. The van der Waals surface area contributed by atoms with Crippen molar-refractivity contribution < 1.29 is 0 Å². The van der Waals surface area contributed by atoms with Crippen LogP contribution in [-0.2, 0) is 12.0 Å². The first-order chi connectivity index (χ1) is 8.84. The lowest BCUT2D eigenvalue weighted by atomic mass is 10.0. The van der Waals surface area contributed by atoms with E-state index in [2.05, 4.69) is 51.0 Å². The summed E-state index contributed by atoms with van der Waals surface area (Å²) in [5.74, 6) is 0. The lowest BCUT2D eigenvalue weighted by Gasteiger charge is -2.24. The second-order valence-corrected chi connectivity index (χ2v) is 6.00. The molecular weight excluding hydrogens is 236 g/mol. The van der Waals surface area contributed by atoms with Gasteiger partial charge in [-0.3, -0.25) is 14.6 Å². The Hall–Kier alpha value is -1.77. The third kappa shape index (κ3) is 2.50. The molecule has 102 valence electrons. The van der Waals surface area contributed by atoms with Gasteiger partial charge in [-0.2, -0.15) is 0 Å². The second kappa shape index (κ2) is 4.72. The molecule has 0 radical (unpaired) electrons. The molecule has 3 nitrogen and oxygen atoms in total. The molecule has 3 heteroatoms. The summed E-state index contributed by atoms with van der Waals surface area (Å²) >= 11 is 0. The van der Waals surface area contributed by atoms with Crippen LogP contribution in [0.1, 0.15) is 38.8 Å². The first-order valence-electron chi connectivity index (χ1n) is 6.76. The maximum atomic E-state index is 12.1. The Morgan fingerprint density at radius 2 is 1.95 bits per heavy atom. The van der Waals surface area contributed by atoms with Gasteiger partial charge >= 0.3 is 0 Å². The molecule has 0 saturated heterocycles. The maximum Gasteiger partial charge on any atom is 0.267 e. The molecule has 1 N–H and O–H groups in total. The van der Waals surface area contributed by atoms with Gasteiger partial charge in [0.15, 0.2) is 0 Å². The Kier molecular flexibility index (Phi) is 3.40. The van der Waals surface area contributed by atoms with Crippen LogP contribution in [0.5, 0.6) is 0 Å². The van der Waals surface area contributed by atoms with Gasteiger partial charge in [-0.05, 0) is 40.2 Å². The van der Waals surface area contributed by atoms with E-state index in [0.717, 1.165) is 23.2 Å². The van der Waals surface area contributed by atoms with Gasteiger partial charge in [-0.25, -0.2) is 0 Å². The molecule has 0 aliphatic carbocycles. The normalized spacial score (nSPS) is 11.8. The number of H-pyrrole nitrogens is 1. The highest BCUT2D eigenvalue weighted by Gasteiger charge is 2.22. The lowest BCUT2D eigenvalue weighted by Crippen LogP contribution is -2.25. The lowest BCUT2D eigenvalue weighted by molar-refractivity contribution is 0.358. The van der Waals surface area contributed by atoms with E-state index in [1.807, 2.05) is 17.7 Å². The predicted molar refractivity (Wildman–Crippen MR) is 79.6 cm³/mol. The van der Waals surface area contributed by atoms with E-state index in [4.69, 9.17) is 0 Å². The number of aryl methyl sites for hydroxylation is 1. The van der Waals surface area contributed by atoms with Gasteiger partial charge < -0.3 is 0 Å². The molecule has 19 heavy (non-hydrogen) atoms. The number of nitrogens with one attached hydrogen (secondary N) is 1. The van der Waals surface area contributed by atoms with Crippen LogP contribution in [0.25, 0.3) is 11.3 Å². The molecular formula is C16H22N2O. The van der Waals surface area contributed by atoms with Crippen molar-refractivity contribution in [3.8, 4) is 11.3 Å². The monoisotopic (exact) mass is 258 g/mol. The summed E-state index contributed by atoms with van der Waals surface area (Å²) in [5.41, 5.74) is 4.06. The van der Waals surface area contributed by atoms with Crippen LogP contribution >= 0.6 is 0 Å². The third-order valence-electron chi connectivity index (χ3n) is 3.31.